The van der Waals surface area contributed by atoms with Gasteiger partial charge >= 0.3 is 11.9 Å². The van der Waals surface area contributed by atoms with E-state index in [9.17, 15) is 22.8 Å². The minimum atomic E-state index is -4.52. The maximum atomic E-state index is 12.9. The molecule has 27 heavy (non-hydrogen) atoms. The highest BCUT2D eigenvalue weighted by molar-refractivity contribution is 9.10. The van der Waals surface area contributed by atoms with E-state index in [1.807, 2.05) is 0 Å². The minimum Gasteiger partial charge on any atom is -0.345 e. The smallest absolute Gasteiger partial charge is 0.345 e. The number of hydrogen-bond acceptors (Lipinski definition) is 3. The van der Waals surface area contributed by atoms with Crippen molar-refractivity contribution in [2.45, 2.75) is 19.6 Å². The molecular weight excluding hydrogens is 429 g/mol. The predicted molar refractivity (Wildman–Crippen MR) is 96.8 cm³/mol. The molecule has 2 aromatic heterocycles. The average Bonchev–Trinajstić information content (AvgIpc) is 2.87. The van der Waals surface area contributed by atoms with Crippen LogP contribution in [0.4, 0.5) is 13.2 Å². The van der Waals surface area contributed by atoms with Crippen LogP contribution in [0.5, 0.6) is 0 Å². The normalized spacial score (nSPS) is 11.7. The number of aryl methyl sites for hydroxylation is 1. The molecule has 0 aliphatic heterocycles. The standard InChI is InChI=1S/C17H14BrF3N4O2/c1-10-3-2-4-12-15(10)25(13-6-5-11(18)7-22-13)16(27)24(12)8-14(26)23-9-17(19,20)21/h2-7H,8-9H2,1H3,(H,23,26). The number of fused-ring (bicyclic) bond motifs is 1. The number of nitrogens with one attached hydrogen (secondary N) is 1. The molecule has 2 heterocycles. The first-order valence-electron chi connectivity index (χ1n) is 7.83. The average molecular weight is 443 g/mol. The Bertz CT molecular complexity index is 1050. The van der Waals surface area contributed by atoms with Crippen LogP contribution >= 0.6 is 15.9 Å². The fourth-order valence-corrected chi connectivity index (χ4v) is 2.97. The molecule has 0 unspecified atom stereocenters. The summed E-state index contributed by atoms with van der Waals surface area (Å²) in [6.07, 6.45) is -2.99. The van der Waals surface area contributed by atoms with Crippen LogP contribution in [-0.4, -0.2) is 32.7 Å². The molecule has 0 saturated heterocycles. The van der Waals surface area contributed by atoms with E-state index in [1.54, 1.807) is 42.6 Å². The zero-order chi connectivity index (χ0) is 19.8. The van der Waals surface area contributed by atoms with Crippen molar-refractivity contribution in [2.24, 2.45) is 0 Å². The van der Waals surface area contributed by atoms with Gasteiger partial charge in [-0.05, 0) is 46.6 Å². The van der Waals surface area contributed by atoms with Crippen molar-refractivity contribution in [3.8, 4) is 5.82 Å². The Balaban J connectivity index is 2.08. The molecule has 3 aromatic rings. The van der Waals surface area contributed by atoms with Gasteiger partial charge in [-0.3, -0.25) is 9.36 Å². The Morgan fingerprint density at radius 2 is 2.00 bits per heavy atom. The van der Waals surface area contributed by atoms with Crippen molar-refractivity contribution < 1.29 is 18.0 Å². The first kappa shape index (κ1) is 19.2. The fraction of sp³-hybridized carbons (Fsp3) is 0.235. The fourth-order valence-electron chi connectivity index (χ4n) is 2.74. The lowest BCUT2D eigenvalue weighted by molar-refractivity contribution is -0.138. The van der Waals surface area contributed by atoms with Gasteiger partial charge in [0, 0.05) is 10.7 Å². The molecule has 1 N–H and O–H groups in total. The van der Waals surface area contributed by atoms with Crippen molar-refractivity contribution >= 4 is 32.9 Å². The molecule has 0 saturated carbocycles. The van der Waals surface area contributed by atoms with Crippen LogP contribution in [0.2, 0.25) is 0 Å². The van der Waals surface area contributed by atoms with Gasteiger partial charge in [0.1, 0.15) is 18.9 Å². The molecule has 142 valence electrons. The summed E-state index contributed by atoms with van der Waals surface area (Å²) < 4.78 is 40.1. The van der Waals surface area contributed by atoms with Gasteiger partial charge in [-0.15, -0.1) is 0 Å². The topological polar surface area (TPSA) is 68.9 Å². The Morgan fingerprint density at radius 3 is 2.63 bits per heavy atom. The lowest BCUT2D eigenvalue weighted by Gasteiger charge is -2.08. The lowest BCUT2D eigenvalue weighted by atomic mass is 10.2. The van der Waals surface area contributed by atoms with Crippen LogP contribution < -0.4 is 11.0 Å². The monoisotopic (exact) mass is 442 g/mol. The summed E-state index contributed by atoms with van der Waals surface area (Å²) in [5.41, 5.74) is 1.19. The maximum Gasteiger partial charge on any atom is 0.405 e. The third kappa shape index (κ3) is 4.05. The zero-order valence-corrected chi connectivity index (χ0v) is 15.6. The molecular formula is C17H14BrF3N4O2. The van der Waals surface area contributed by atoms with E-state index in [4.69, 9.17) is 0 Å². The Hall–Kier alpha value is -2.62. The number of carbonyl (C=O) groups is 1. The Morgan fingerprint density at radius 1 is 1.26 bits per heavy atom. The van der Waals surface area contributed by atoms with Crippen molar-refractivity contribution in [1.82, 2.24) is 19.4 Å². The third-order valence-electron chi connectivity index (χ3n) is 3.88. The second-order valence-corrected chi connectivity index (χ2v) is 6.79. The quantitative estimate of drug-likeness (QED) is 0.675. The summed E-state index contributed by atoms with van der Waals surface area (Å²) in [5.74, 6) is -0.560. The summed E-state index contributed by atoms with van der Waals surface area (Å²) in [4.78, 5) is 29.1. The number of benzene rings is 1. The first-order valence-corrected chi connectivity index (χ1v) is 8.63. The molecule has 0 spiro atoms. The van der Waals surface area contributed by atoms with Gasteiger partial charge in [0.15, 0.2) is 0 Å². The van der Waals surface area contributed by atoms with Gasteiger partial charge in [-0.25, -0.2) is 14.3 Å². The van der Waals surface area contributed by atoms with E-state index in [1.165, 1.54) is 10.8 Å². The molecule has 3 rings (SSSR count). The van der Waals surface area contributed by atoms with Gasteiger partial charge in [0.2, 0.25) is 5.91 Å². The molecule has 0 fully saturated rings. The summed E-state index contributed by atoms with van der Waals surface area (Å²) in [6, 6.07) is 8.49. The number of halogens is 4. The van der Waals surface area contributed by atoms with Crippen molar-refractivity contribution in [1.29, 1.82) is 0 Å². The van der Waals surface area contributed by atoms with Crippen LogP contribution in [0.1, 0.15) is 5.56 Å². The number of imidazole rings is 1. The summed E-state index contributed by atoms with van der Waals surface area (Å²) >= 11 is 3.27. The maximum absolute atomic E-state index is 12.9. The van der Waals surface area contributed by atoms with Crippen molar-refractivity contribution in [3.63, 3.8) is 0 Å². The molecule has 0 aliphatic carbocycles. The first-order chi connectivity index (χ1) is 12.7. The highest BCUT2D eigenvalue weighted by Gasteiger charge is 2.28. The SMILES string of the molecule is Cc1cccc2c1n(-c1ccc(Br)cn1)c(=O)n2CC(=O)NCC(F)(F)F. The highest BCUT2D eigenvalue weighted by atomic mass is 79.9. The van der Waals surface area contributed by atoms with Gasteiger partial charge in [-0.2, -0.15) is 13.2 Å². The van der Waals surface area contributed by atoms with E-state index in [-0.39, 0.29) is 0 Å². The van der Waals surface area contributed by atoms with E-state index in [0.717, 1.165) is 14.6 Å². The number of rotatable bonds is 4. The number of aromatic nitrogens is 3. The van der Waals surface area contributed by atoms with Crippen LogP contribution in [-0.2, 0) is 11.3 Å². The summed E-state index contributed by atoms with van der Waals surface area (Å²) in [7, 11) is 0. The third-order valence-corrected chi connectivity index (χ3v) is 4.35. The van der Waals surface area contributed by atoms with E-state index in [0.29, 0.717) is 16.9 Å². The van der Waals surface area contributed by atoms with Gasteiger partial charge < -0.3 is 5.32 Å². The second kappa shape index (κ2) is 7.18. The molecule has 0 radical (unpaired) electrons. The number of para-hydroxylation sites is 1. The van der Waals surface area contributed by atoms with Crippen molar-refractivity contribution in [3.05, 3.63) is 57.0 Å². The van der Waals surface area contributed by atoms with E-state index >= 15 is 0 Å². The molecule has 1 aromatic carbocycles. The van der Waals surface area contributed by atoms with E-state index < -0.39 is 30.9 Å². The van der Waals surface area contributed by atoms with E-state index in [2.05, 4.69) is 20.9 Å². The lowest BCUT2D eigenvalue weighted by Crippen LogP contribution is -2.38. The predicted octanol–water partition coefficient (Wildman–Crippen LogP) is 2.94. The molecule has 10 heteroatoms. The molecule has 6 nitrogen and oxygen atoms in total. The Labute approximate surface area is 159 Å². The summed E-state index contributed by atoms with van der Waals surface area (Å²) in [5, 5.41) is 1.78. The molecule has 0 atom stereocenters. The molecule has 0 aliphatic rings. The van der Waals surface area contributed by atoms with Crippen LogP contribution in [0.3, 0.4) is 0 Å². The van der Waals surface area contributed by atoms with Gasteiger partial charge in [-0.1, -0.05) is 12.1 Å². The number of amides is 1. The van der Waals surface area contributed by atoms with Gasteiger partial charge in [0.05, 0.1) is 11.0 Å². The number of alkyl halides is 3. The molecule has 1 amide bonds. The van der Waals surface area contributed by atoms with Gasteiger partial charge in [0.25, 0.3) is 0 Å². The Kier molecular flexibility index (Phi) is 5.09. The number of hydrogen-bond donors (Lipinski definition) is 1. The molecule has 0 bridgehead atoms. The number of pyridine rings is 1. The summed E-state index contributed by atoms with van der Waals surface area (Å²) in [6.45, 7) is -0.184. The van der Waals surface area contributed by atoms with Crippen LogP contribution in [0, 0.1) is 6.92 Å². The van der Waals surface area contributed by atoms with Crippen molar-refractivity contribution in [2.75, 3.05) is 6.54 Å². The van der Waals surface area contributed by atoms with Crippen LogP contribution in [0.25, 0.3) is 16.9 Å². The number of carbonyl (C=O) groups excluding carboxylic acids is 1. The van der Waals surface area contributed by atoms with Crippen LogP contribution in [0.15, 0.2) is 45.8 Å². The largest absolute Gasteiger partial charge is 0.405 e. The number of nitrogens with zero attached hydrogens (tertiary/aromatic N) is 3. The minimum absolute atomic E-state index is 0.344. The highest BCUT2D eigenvalue weighted by Crippen LogP contribution is 2.21. The second-order valence-electron chi connectivity index (χ2n) is 5.87. The zero-order valence-electron chi connectivity index (χ0n) is 14.0.